The van der Waals surface area contributed by atoms with E-state index >= 15 is 0 Å². The van der Waals surface area contributed by atoms with E-state index in [0.717, 1.165) is 14.9 Å². The van der Waals surface area contributed by atoms with Gasteiger partial charge in [0.15, 0.2) is 5.78 Å². The minimum atomic E-state index is 0.0422. The normalized spacial score (nSPS) is 12.0. The molecule has 1 heterocycles. The molecule has 1 aromatic carbocycles. The molecule has 0 atom stereocenters. The molecule has 104 valence electrons. The molecule has 0 saturated carbocycles. The summed E-state index contributed by atoms with van der Waals surface area (Å²) in [5, 5.41) is 1.92. The third kappa shape index (κ3) is 3.90. The second kappa shape index (κ2) is 6.06. The van der Waals surface area contributed by atoms with Gasteiger partial charge in [-0.25, -0.2) is 0 Å². The lowest BCUT2D eigenvalue weighted by Gasteiger charge is -2.18. The maximum Gasteiger partial charge on any atom is 0.195 e. The van der Waals surface area contributed by atoms with Crippen molar-refractivity contribution in [2.24, 2.45) is 0 Å². The third-order valence-electron chi connectivity index (χ3n) is 3.01. The van der Waals surface area contributed by atoms with Crippen molar-refractivity contribution in [1.29, 1.82) is 0 Å². The fourth-order valence-corrected chi connectivity index (χ4v) is 3.14. The number of benzene rings is 1. The molecule has 0 radical (unpaired) electrons. The van der Waals surface area contributed by atoms with Crippen LogP contribution in [0.5, 0.6) is 0 Å². The van der Waals surface area contributed by atoms with E-state index in [0.29, 0.717) is 0 Å². The Kier molecular flexibility index (Phi) is 4.61. The van der Waals surface area contributed by atoms with Crippen LogP contribution in [0.25, 0.3) is 6.08 Å². The number of hydrogen-bond acceptors (Lipinski definition) is 2. The van der Waals surface area contributed by atoms with Crippen LogP contribution in [0.4, 0.5) is 0 Å². The van der Waals surface area contributed by atoms with Crippen LogP contribution in [0.1, 0.15) is 41.6 Å². The summed E-state index contributed by atoms with van der Waals surface area (Å²) >= 11 is 4.81. The first kappa shape index (κ1) is 15.2. The maximum atomic E-state index is 12.0. The minimum absolute atomic E-state index is 0.0422. The number of carbonyl (C=O) groups is 1. The Labute approximate surface area is 132 Å². The van der Waals surface area contributed by atoms with E-state index in [4.69, 9.17) is 0 Å². The zero-order chi connectivity index (χ0) is 14.8. The maximum absolute atomic E-state index is 12.0. The van der Waals surface area contributed by atoms with Crippen LogP contribution in [0.15, 0.2) is 46.3 Å². The molecule has 2 aromatic rings. The summed E-state index contributed by atoms with van der Waals surface area (Å²) in [4.78, 5) is 12.7. The lowest BCUT2D eigenvalue weighted by atomic mass is 9.87. The number of ketones is 1. The van der Waals surface area contributed by atoms with Crippen LogP contribution in [-0.2, 0) is 5.41 Å². The van der Waals surface area contributed by atoms with Crippen molar-refractivity contribution in [1.82, 2.24) is 0 Å². The Morgan fingerprint density at radius 3 is 2.35 bits per heavy atom. The quantitative estimate of drug-likeness (QED) is 0.513. The molecule has 2 rings (SSSR count). The van der Waals surface area contributed by atoms with Crippen LogP contribution in [0.3, 0.4) is 0 Å². The van der Waals surface area contributed by atoms with Gasteiger partial charge in [0.05, 0.1) is 4.88 Å². The molecule has 20 heavy (non-hydrogen) atoms. The summed E-state index contributed by atoms with van der Waals surface area (Å²) in [5.74, 6) is 0.0422. The van der Waals surface area contributed by atoms with Gasteiger partial charge < -0.3 is 0 Å². The van der Waals surface area contributed by atoms with Crippen molar-refractivity contribution in [2.45, 2.75) is 26.2 Å². The zero-order valence-electron chi connectivity index (χ0n) is 11.8. The van der Waals surface area contributed by atoms with Crippen molar-refractivity contribution < 1.29 is 4.79 Å². The number of halogens is 1. The van der Waals surface area contributed by atoms with Crippen LogP contribution in [0, 0.1) is 0 Å². The van der Waals surface area contributed by atoms with E-state index in [-0.39, 0.29) is 11.2 Å². The van der Waals surface area contributed by atoms with E-state index in [1.165, 1.54) is 16.9 Å². The first-order valence-electron chi connectivity index (χ1n) is 6.43. The SMILES string of the molecule is CC(C)(C)c1ccc(/C=C/C(=O)c2cc(Br)cs2)cc1. The van der Waals surface area contributed by atoms with Gasteiger partial charge in [0, 0.05) is 9.85 Å². The molecule has 0 bridgehead atoms. The van der Waals surface area contributed by atoms with Gasteiger partial charge in [-0.15, -0.1) is 11.3 Å². The first-order chi connectivity index (χ1) is 9.36. The van der Waals surface area contributed by atoms with E-state index in [1.54, 1.807) is 6.08 Å². The second-order valence-electron chi connectivity index (χ2n) is 5.70. The van der Waals surface area contributed by atoms with Gasteiger partial charge in [0.1, 0.15) is 0 Å². The number of rotatable bonds is 3. The summed E-state index contributed by atoms with van der Waals surface area (Å²) in [5.41, 5.74) is 2.49. The Balaban J connectivity index is 2.10. The van der Waals surface area contributed by atoms with Crippen LogP contribution >= 0.6 is 27.3 Å². The molecule has 0 aliphatic rings. The molecule has 3 heteroatoms. The molecule has 0 saturated heterocycles. The van der Waals surface area contributed by atoms with Crippen molar-refractivity contribution >= 4 is 39.1 Å². The number of allylic oxidation sites excluding steroid dienone is 1. The summed E-state index contributed by atoms with van der Waals surface area (Å²) in [6.07, 6.45) is 3.49. The minimum Gasteiger partial charge on any atom is -0.288 e. The van der Waals surface area contributed by atoms with Crippen molar-refractivity contribution in [2.75, 3.05) is 0 Å². The van der Waals surface area contributed by atoms with E-state index in [9.17, 15) is 4.79 Å². The molecule has 1 aromatic heterocycles. The summed E-state index contributed by atoms with van der Waals surface area (Å²) in [7, 11) is 0. The largest absolute Gasteiger partial charge is 0.288 e. The summed E-state index contributed by atoms with van der Waals surface area (Å²) in [6.45, 7) is 6.57. The highest BCUT2D eigenvalue weighted by atomic mass is 79.9. The molecule has 0 unspecified atom stereocenters. The second-order valence-corrected chi connectivity index (χ2v) is 7.53. The van der Waals surface area contributed by atoms with Crippen LogP contribution in [0.2, 0.25) is 0 Å². The molecule has 1 nitrogen and oxygen atoms in total. The van der Waals surface area contributed by atoms with Gasteiger partial charge in [0.2, 0.25) is 0 Å². The van der Waals surface area contributed by atoms with Crippen molar-refractivity contribution in [3.8, 4) is 0 Å². The third-order valence-corrected chi connectivity index (χ3v) is 4.72. The number of carbonyl (C=O) groups excluding carboxylic acids is 1. The van der Waals surface area contributed by atoms with Crippen molar-refractivity contribution in [3.05, 3.63) is 62.3 Å². The monoisotopic (exact) mass is 348 g/mol. The predicted molar refractivity (Wildman–Crippen MR) is 90.5 cm³/mol. The van der Waals surface area contributed by atoms with Gasteiger partial charge in [-0.2, -0.15) is 0 Å². The van der Waals surface area contributed by atoms with Crippen molar-refractivity contribution in [3.63, 3.8) is 0 Å². The average Bonchev–Trinajstić information content (AvgIpc) is 2.82. The smallest absolute Gasteiger partial charge is 0.195 e. The molecule has 0 aliphatic heterocycles. The van der Waals surface area contributed by atoms with Gasteiger partial charge in [0.25, 0.3) is 0 Å². The number of thiophene rings is 1. The molecular weight excluding hydrogens is 332 g/mol. The fraction of sp³-hybridized carbons (Fsp3) is 0.235. The molecule has 0 amide bonds. The van der Waals surface area contributed by atoms with E-state index in [2.05, 4.69) is 61.0 Å². The Hall–Kier alpha value is -1.19. The highest BCUT2D eigenvalue weighted by Crippen LogP contribution is 2.23. The molecule has 0 spiro atoms. The van der Waals surface area contributed by atoms with Gasteiger partial charge in [-0.1, -0.05) is 51.1 Å². The fourth-order valence-electron chi connectivity index (χ4n) is 1.79. The summed E-state index contributed by atoms with van der Waals surface area (Å²) in [6, 6.07) is 10.2. The highest BCUT2D eigenvalue weighted by Gasteiger charge is 2.12. The van der Waals surface area contributed by atoms with Crippen LogP contribution < -0.4 is 0 Å². The molecule has 0 aliphatic carbocycles. The van der Waals surface area contributed by atoms with Gasteiger partial charge in [-0.3, -0.25) is 4.79 Å². The molecule has 0 N–H and O–H groups in total. The summed E-state index contributed by atoms with van der Waals surface area (Å²) < 4.78 is 0.953. The highest BCUT2D eigenvalue weighted by molar-refractivity contribution is 9.10. The Bertz CT molecular complexity index is 630. The lowest BCUT2D eigenvalue weighted by Crippen LogP contribution is -2.10. The Morgan fingerprint density at radius 1 is 1.20 bits per heavy atom. The van der Waals surface area contributed by atoms with Gasteiger partial charge in [-0.05, 0) is 44.6 Å². The topological polar surface area (TPSA) is 17.1 Å². The van der Waals surface area contributed by atoms with Crippen LogP contribution in [-0.4, -0.2) is 5.78 Å². The standard InChI is InChI=1S/C17H17BrOS/c1-17(2,3)13-7-4-12(5-8-13)6-9-15(19)16-10-14(18)11-20-16/h4-11H,1-3H3/b9-6+. The van der Waals surface area contributed by atoms with Gasteiger partial charge >= 0.3 is 0 Å². The van der Waals surface area contributed by atoms with E-state index < -0.39 is 0 Å². The first-order valence-corrected chi connectivity index (χ1v) is 8.10. The Morgan fingerprint density at radius 2 is 1.85 bits per heavy atom. The van der Waals surface area contributed by atoms with E-state index in [1.807, 2.05) is 17.5 Å². The molecular formula is C17H17BrOS. The average molecular weight is 349 g/mol. The zero-order valence-corrected chi connectivity index (χ0v) is 14.2. The predicted octanol–water partition coefficient (Wildman–Crippen LogP) is 5.70. The number of hydrogen-bond donors (Lipinski definition) is 0. The lowest BCUT2D eigenvalue weighted by molar-refractivity contribution is 0.105. The molecule has 0 fully saturated rings.